The molecule has 0 bridgehead atoms. The fourth-order valence-corrected chi connectivity index (χ4v) is 4.32. The Morgan fingerprint density at radius 2 is 1.93 bits per heavy atom. The highest BCUT2D eigenvalue weighted by atomic mass is 32.2. The predicted molar refractivity (Wildman–Crippen MR) is 115 cm³/mol. The van der Waals surface area contributed by atoms with Gasteiger partial charge in [-0.15, -0.1) is 0 Å². The van der Waals surface area contributed by atoms with Crippen molar-refractivity contribution in [3.8, 4) is 5.75 Å². The number of ether oxygens (including phenoxy) is 1. The van der Waals surface area contributed by atoms with Gasteiger partial charge in [-0.25, -0.2) is 4.98 Å². The van der Waals surface area contributed by atoms with Crippen LogP contribution in [0.2, 0.25) is 0 Å². The van der Waals surface area contributed by atoms with Crippen LogP contribution in [-0.4, -0.2) is 24.6 Å². The van der Waals surface area contributed by atoms with E-state index in [1.54, 1.807) is 17.7 Å². The molecule has 2 aromatic carbocycles. The van der Waals surface area contributed by atoms with Crippen LogP contribution in [0.5, 0.6) is 5.75 Å². The molecule has 0 unspecified atom stereocenters. The summed E-state index contributed by atoms with van der Waals surface area (Å²) in [4.78, 5) is 4.08. The second-order valence-corrected chi connectivity index (χ2v) is 8.67. The third-order valence-corrected chi connectivity index (χ3v) is 6.32. The summed E-state index contributed by atoms with van der Waals surface area (Å²) in [5.74, 6) is 0.623. The van der Waals surface area contributed by atoms with Crippen molar-refractivity contribution >= 4 is 15.7 Å². The molecule has 7 heteroatoms. The van der Waals surface area contributed by atoms with Crippen LogP contribution in [0, 0.1) is 13.8 Å². The number of anilines is 1. The van der Waals surface area contributed by atoms with Gasteiger partial charge in [0.25, 0.3) is 10.0 Å². The van der Waals surface area contributed by atoms with E-state index in [1.165, 1.54) is 16.8 Å². The minimum Gasteiger partial charge on any atom is -0.489 e. The Balaban J connectivity index is 2.09. The lowest BCUT2D eigenvalue weighted by Gasteiger charge is -2.25. The van der Waals surface area contributed by atoms with Crippen molar-refractivity contribution in [2.24, 2.45) is 7.05 Å². The van der Waals surface area contributed by atoms with Crippen molar-refractivity contribution < 1.29 is 13.2 Å². The first-order chi connectivity index (χ1) is 13.8. The van der Waals surface area contributed by atoms with Crippen LogP contribution < -0.4 is 9.04 Å². The predicted octanol–water partition coefficient (Wildman–Crippen LogP) is 4.00. The van der Waals surface area contributed by atoms with E-state index in [0.29, 0.717) is 18.0 Å². The Morgan fingerprint density at radius 3 is 2.59 bits per heavy atom. The molecule has 1 heterocycles. The Bertz CT molecular complexity index is 1120. The molecule has 0 spiro atoms. The summed E-state index contributed by atoms with van der Waals surface area (Å²) in [5, 5.41) is 0.00252. The van der Waals surface area contributed by atoms with Crippen LogP contribution >= 0.6 is 0 Å². The first kappa shape index (κ1) is 20.7. The first-order valence-electron chi connectivity index (χ1n) is 9.22. The SMILES string of the molecule is C=CCOc1ccccc1CN(c1ccc(C)c(C)c1)S(=O)(=O)c1cn(C)cn1. The van der Waals surface area contributed by atoms with Gasteiger partial charge in [-0.2, -0.15) is 8.42 Å². The number of aryl methyl sites for hydroxylation is 3. The number of sulfonamides is 1. The van der Waals surface area contributed by atoms with Gasteiger partial charge >= 0.3 is 0 Å². The van der Waals surface area contributed by atoms with Gasteiger partial charge < -0.3 is 9.30 Å². The van der Waals surface area contributed by atoms with E-state index < -0.39 is 10.0 Å². The Morgan fingerprint density at radius 1 is 1.17 bits per heavy atom. The Labute approximate surface area is 172 Å². The topological polar surface area (TPSA) is 64.4 Å². The van der Waals surface area contributed by atoms with Crippen LogP contribution in [0.15, 0.2) is 72.7 Å². The molecule has 152 valence electrons. The highest BCUT2D eigenvalue weighted by molar-refractivity contribution is 7.92. The van der Waals surface area contributed by atoms with Crippen molar-refractivity contribution in [2.75, 3.05) is 10.9 Å². The third kappa shape index (κ3) is 4.51. The van der Waals surface area contributed by atoms with Crippen LogP contribution in [0.1, 0.15) is 16.7 Å². The largest absolute Gasteiger partial charge is 0.489 e. The van der Waals surface area contributed by atoms with Crippen molar-refractivity contribution in [3.05, 3.63) is 84.3 Å². The maximum absolute atomic E-state index is 13.5. The summed E-state index contributed by atoms with van der Waals surface area (Å²) in [5.41, 5.74) is 3.45. The maximum atomic E-state index is 13.5. The molecule has 3 aromatic rings. The van der Waals surface area contributed by atoms with E-state index in [4.69, 9.17) is 4.74 Å². The average molecular weight is 412 g/mol. The number of hydrogen-bond acceptors (Lipinski definition) is 4. The van der Waals surface area contributed by atoms with Crippen LogP contribution in [0.3, 0.4) is 0 Å². The van der Waals surface area contributed by atoms with E-state index in [2.05, 4.69) is 11.6 Å². The second-order valence-electron chi connectivity index (χ2n) is 6.87. The van der Waals surface area contributed by atoms with Gasteiger partial charge in [-0.1, -0.05) is 36.9 Å². The number of benzene rings is 2. The van der Waals surface area contributed by atoms with Crippen LogP contribution in [0.4, 0.5) is 5.69 Å². The van der Waals surface area contributed by atoms with Gasteiger partial charge in [0.05, 0.1) is 18.6 Å². The molecule has 1 aromatic heterocycles. The lowest BCUT2D eigenvalue weighted by atomic mass is 10.1. The summed E-state index contributed by atoms with van der Waals surface area (Å²) < 4.78 is 35.7. The van der Waals surface area contributed by atoms with Gasteiger partial charge in [0.2, 0.25) is 0 Å². The molecule has 0 amide bonds. The van der Waals surface area contributed by atoms with Gasteiger partial charge in [0.1, 0.15) is 12.4 Å². The van der Waals surface area contributed by atoms with Gasteiger partial charge in [-0.3, -0.25) is 4.31 Å². The van der Waals surface area contributed by atoms with Crippen LogP contribution in [-0.2, 0) is 23.6 Å². The molecule has 0 aliphatic carbocycles. The summed E-state index contributed by atoms with van der Waals surface area (Å²) in [6, 6.07) is 13.0. The minimum absolute atomic E-state index is 0.00252. The number of para-hydroxylation sites is 1. The normalized spacial score (nSPS) is 11.3. The van der Waals surface area contributed by atoms with Crippen molar-refractivity contribution in [1.82, 2.24) is 9.55 Å². The molecule has 3 rings (SSSR count). The summed E-state index contributed by atoms with van der Waals surface area (Å²) >= 11 is 0. The van der Waals surface area contributed by atoms with Crippen molar-refractivity contribution in [3.63, 3.8) is 0 Å². The first-order valence-corrected chi connectivity index (χ1v) is 10.7. The number of imidazole rings is 1. The third-order valence-electron chi connectivity index (χ3n) is 4.66. The highest BCUT2D eigenvalue weighted by Crippen LogP contribution is 2.29. The number of aromatic nitrogens is 2. The van der Waals surface area contributed by atoms with Gasteiger partial charge in [0.15, 0.2) is 5.03 Å². The van der Waals surface area contributed by atoms with Gasteiger partial charge in [0, 0.05) is 18.8 Å². The van der Waals surface area contributed by atoms with E-state index in [9.17, 15) is 8.42 Å². The zero-order chi connectivity index (χ0) is 21.0. The molecular weight excluding hydrogens is 386 g/mol. The quantitative estimate of drug-likeness (QED) is 0.526. The number of rotatable bonds is 8. The van der Waals surface area contributed by atoms with Crippen LogP contribution in [0.25, 0.3) is 0 Å². The Kier molecular flexibility index (Phi) is 6.08. The molecule has 0 aliphatic rings. The molecule has 0 saturated carbocycles. The van der Waals surface area contributed by atoms with E-state index in [1.807, 2.05) is 56.3 Å². The van der Waals surface area contributed by atoms with E-state index >= 15 is 0 Å². The van der Waals surface area contributed by atoms with Crippen molar-refractivity contribution in [1.29, 1.82) is 0 Å². The standard InChI is InChI=1S/C22H25N3O3S/c1-5-12-28-21-9-7-6-8-19(21)14-25(20-11-10-17(2)18(3)13-20)29(26,27)22-15-24(4)16-23-22/h5-11,13,15-16H,1,12,14H2,2-4H3. The lowest BCUT2D eigenvalue weighted by molar-refractivity contribution is 0.359. The zero-order valence-corrected chi connectivity index (χ0v) is 17.7. The molecule has 0 N–H and O–H groups in total. The lowest BCUT2D eigenvalue weighted by Crippen LogP contribution is -2.31. The monoisotopic (exact) mass is 411 g/mol. The average Bonchev–Trinajstić information content (AvgIpc) is 3.14. The molecule has 6 nitrogen and oxygen atoms in total. The molecule has 29 heavy (non-hydrogen) atoms. The number of hydrogen-bond donors (Lipinski definition) is 0. The zero-order valence-electron chi connectivity index (χ0n) is 16.9. The molecule has 0 atom stereocenters. The molecular formula is C22H25N3O3S. The molecule has 0 saturated heterocycles. The molecule has 0 radical (unpaired) electrons. The Hall–Kier alpha value is -3.06. The fourth-order valence-electron chi connectivity index (χ4n) is 2.91. The summed E-state index contributed by atoms with van der Waals surface area (Å²) in [7, 11) is -2.13. The smallest absolute Gasteiger partial charge is 0.283 e. The molecule has 0 fully saturated rings. The minimum atomic E-state index is -3.87. The van der Waals surface area contributed by atoms with Gasteiger partial charge in [-0.05, 0) is 43.2 Å². The van der Waals surface area contributed by atoms with Crippen molar-refractivity contribution in [2.45, 2.75) is 25.4 Å². The maximum Gasteiger partial charge on any atom is 0.283 e. The number of nitrogens with zero attached hydrogens (tertiary/aromatic N) is 3. The van der Waals surface area contributed by atoms with E-state index in [-0.39, 0.29) is 11.6 Å². The second kappa shape index (κ2) is 8.53. The summed E-state index contributed by atoms with van der Waals surface area (Å²) in [6.07, 6.45) is 4.64. The highest BCUT2D eigenvalue weighted by Gasteiger charge is 2.28. The van der Waals surface area contributed by atoms with E-state index in [0.717, 1.165) is 16.7 Å². The molecule has 0 aliphatic heterocycles. The summed E-state index contributed by atoms with van der Waals surface area (Å²) in [6.45, 7) is 8.09. The fraction of sp³-hybridized carbons (Fsp3) is 0.227.